The van der Waals surface area contributed by atoms with Crippen LogP contribution in [0.2, 0.25) is 5.02 Å². The summed E-state index contributed by atoms with van der Waals surface area (Å²) in [6.07, 6.45) is 1.55. The average Bonchev–Trinajstić information content (AvgIpc) is 2.62. The normalized spacial score (nSPS) is 10.5. The lowest BCUT2D eigenvalue weighted by Gasteiger charge is -2.11. The fraction of sp³-hybridized carbons (Fsp3) is 0.150. The molecule has 0 aliphatic rings. The molecule has 5 nitrogen and oxygen atoms in total. The largest absolute Gasteiger partial charge is 0.324 e. The van der Waals surface area contributed by atoms with E-state index >= 15 is 0 Å². The summed E-state index contributed by atoms with van der Waals surface area (Å²) in [5.74, 6) is 0.0518. The van der Waals surface area contributed by atoms with Crippen LogP contribution in [-0.2, 0) is 0 Å². The Balaban J connectivity index is 1.81. The van der Waals surface area contributed by atoms with Gasteiger partial charge in [0.2, 0.25) is 5.95 Å². The van der Waals surface area contributed by atoms with Crippen LogP contribution < -0.4 is 10.6 Å². The van der Waals surface area contributed by atoms with Crippen molar-refractivity contribution in [2.45, 2.75) is 20.8 Å². The lowest BCUT2D eigenvalue weighted by Crippen LogP contribution is -2.15. The number of aryl methyl sites for hydroxylation is 2. The highest BCUT2D eigenvalue weighted by Gasteiger charge is 2.12. The molecule has 0 saturated heterocycles. The third-order valence-corrected chi connectivity index (χ3v) is 4.42. The van der Waals surface area contributed by atoms with E-state index in [4.69, 9.17) is 11.6 Å². The van der Waals surface area contributed by atoms with Gasteiger partial charge in [-0.3, -0.25) is 4.79 Å². The van der Waals surface area contributed by atoms with Crippen molar-refractivity contribution >= 4 is 34.8 Å². The summed E-state index contributed by atoms with van der Waals surface area (Å²) < 4.78 is 0. The van der Waals surface area contributed by atoms with Crippen LogP contribution in [0.5, 0.6) is 0 Å². The minimum Gasteiger partial charge on any atom is -0.324 e. The van der Waals surface area contributed by atoms with Crippen molar-refractivity contribution in [3.63, 3.8) is 0 Å². The van der Waals surface area contributed by atoms with Crippen LogP contribution in [0.4, 0.5) is 17.3 Å². The van der Waals surface area contributed by atoms with Gasteiger partial charge in [0.25, 0.3) is 5.91 Å². The third-order valence-electron chi connectivity index (χ3n) is 4.19. The van der Waals surface area contributed by atoms with Gasteiger partial charge in [0, 0.05) is 22.6 Å². The van der Waals surface area contributed by atoms with Gasteiger partial charge in [-0.2, -0.15) is 0 Å². The summed E-state index contributed by atoms with van der Waals surface area (Å²) in [7, 11) is 0. The minimum atomic E-state index is -0.285. The van der Waals surface area contributed by atoms with Crippen molar-refractivity contribution in [3.05, 3.63) is 76.1 Å². The molecule has 0 aliphatic carbocycles. The molecule has 0 saturated carbocycles. The minimum absolute atomic E-state index is 0.281. The van der Waals surface area contributed by atoms with E-state index in [0.29, 0.717) is 11.0 Å². The summed E-state index contributed by atoms with van der Waals surface area (Å²) in [6.45, 7) is 5.93. The molecule has 0 unspecified atom stereocenters. The van der Waals surface area contributed by atoms with Gasteiger partial charge in [0.05, 0.1) is 0 Å². The molecule has 0 radical (unpaired) electrons. The topological polar surface area (TPSA) is 66.9 Å². The molecule has 1 aromatic heterocycles. The van der Waals surface area contributed by atoms with E-state index in [-0.39, 0.29) is 11.6 Å². The van der Waals surface area contributed by atoms with E-state index in [9.17, 15) is 4.79 Å². The summed E-state index contributed by atoms with van der Waals surface area (Å²) in [5.41, 5.74) is 5.00. The first-order valence-corrected chi connectivity index (χ1v) is 8.55. The number of benzene rings is 2. The zero-order valence-corrected chi connectivity index (χ0v) is 15.6. The van der Waals surface area contributed by atoms with E-state index in [0.717, 1.165) is 28.1 Å². The Morgan fingerprint density at radius 1 is 1.00 bits per heavy atom. The number of amides is 1. The number of hydrogen-bond acceptors (Lipinski definition) is 4. The van der Waals surface area contributed by atoms with Crippen molar-refractivity contribution in [2.75, 3.05) is 10.6 Å². The third kappa shape index (κ3) is 4.00. The number of aromatic nitrogens is 2. The number of rotatable bonds is 4. The molecule has 132 valence electrons. The van der Waals surface area contributed by atoms with Gasteiger partial charge < -0.3 is 10.6 Å². The summed E-state index contributed by atoms with van der Waals surface area (Å²) in [6, 6.07) is 12.9. The zero-order valence-electron chi connectivity index (χ0n) is 14.8. The van der Waals surface area contributed by atoms with Gasteiger partial charge in [0.1, 0.15) is 5.69 Å². The maximum absolute atomic E-state index is 12.6. The second-order valence-corrected chi connectivity index (χ2v) is 6.49. The number of nitrogens with one attached hydrogen (secondary N) is 2. The van der Waals surface area contributed by atoms with Crippen molar-refractivity contribution in [1.29, 1.82) is 0 Å². The van der Waals surface area contributed by atoms with E-state index < -0.39 is 0 Å². The first-order chi connectivity index (χ1) is 12.4. The highest BCUT2D eigenvalue weighted by Crippen LogP contribution is 2.23. The Morgan fingerprint density at radius 3 is 2.62 bits per heavy atom. The van der Waals surface area contributed by atoms with Crippen LogP contribution >= 0.6 is 11.6 Å². The summed E-state index contributed by atoms with van der Waals surface area (Å²) in [5, 5.41) is 6.62. The first kappa shape index (κ1) is 17.9. The van der Waals surface area contributed by atoms with E-state index in [1.165, 1.54) is 0 Å². The number of carbonyl (C=O) groups is 1. The molecule has 1 amide bonds. The molecule has 3 rings (SSSR count). The second kappa shape index (κ2) is 7.54. The smallest absolute Gasteiger partial charge is 0.274 e. The Labute approximate surface area is 157 Å². The molecular formula is C20H19ClN4O. The van der Waals surface area contributed by atoms with Crippen LogP contribution in [0, 0.1) is 20.8 Å². The molecule has 0 aliphatic heterocycles. The fourth-order valence-corrected chi connectivity index (χ4v) is 2.64. The zero-order chi connectivity index (χ0) is 18.7. The lowest BCUT2D eigenvalue weighted by molar-refractivity contribution is 0.102. The van der Waals surface area contributed by atoms with Crippen LogP contribution in [0.15, 0.2) is 48.7 Å². The first-order valence-electron chi connectivity index (χ1n) is 8.18. The van der Waals surface area contributed by atoms with Crippen LogP contribution in [0.3, 0.4) is 0 Å². The molecule has 0 atom stereocenters. The molecule has 2 N–H and O–H groups in total. The van der Waals surface area contributed by atoms with Crippen molar-refractivity contribution in [3.8, 4) is 0 Å². The Morgan fingerprint density at radius 2 is 1.81 bits per heavy atom. The number of nitrogens with zero attached hydrogens (tertiary/aromatic N) is 2. The van der Waals surface area contributed by atoms with Crippen molar-refractivity contribution in [2.24, 2.45) is 0 Å². The molecule has 1 heterocycles. The highest BCUT2D eigenvalue weighted by atomic mass is 35.5. The highest BCUT2D eigenvalue weighted by molar-refractivity contribution is 6.30. The molecule has 0 fully saturated rings. The number of hydrogen-bond donors (Lipinski definition) is 2. The van der Waals surface area contributed by atoms with E-state index in [1.807, 2.05) is 51.1 Å². The van der Waals surface area contributed by atoms with Gasteiger partial charge >= 0.3 is 0 Å². The van der Waals surface area contributed by atoms with Gasteiger partial charge in [-0.1, -0.05) is 29.8 Å². The van der Waals surface area contributed by atoms with Crippen LogP contribution in [0.25, 0.3) is 0 Å². The molecule has 26 heavy (non-hydrogen) atoms. The summed E-state index contributed by atoms with van der Waals surface area (Å²) in [4.78, 5) is 21.0. The number of anilines is 3. The average molecular weight is 367 g/mol. The quantitative estimate of drug-likeness (QED) is 0.678. The van der Waals surface area contributed by atoms with Crippen LogP contribution in [-0.4, -0.2) is 15.9 Å². The van der Waals surface area contributed by atoms with Gasteiger partial charge in [-0.05, 0) is 61.7 Å². The number of halogens is 1. The predicted octanol–water partition coefficient (Wildman–Crippen LogP) is 5.05. The Hall–Kier alpha value is -2.92. The second-order valence-electron chi connectivity index (χ2n) is 6.05. The molecule has 0 spiro atoms. The van der Waals surface area contributed by atoms with E-state index in [1.54, 1.807) is 18.3 Å². The monoisotopic (exact) mass is 366 g/mol. The fourth-order valence-electron chi connectivity index (χ4n) is 2.47. The molecule has 0 bridgehead atoms. The SMILES string of the molecule is Cc1ccc(Cl)cc1Nc1nccc(C(=O)Nc2cccc(C)c2C)n1. The van der Waals surface area contributed by atoms with Gasteiger partial charge in [0.15, 0.2) is 0 Å². The van der Waals surface area contributed by atoms with Gasteiger partial charge in [-0.15, -0.1) is 0 Å². The lowest BCUT2D eigenvalue weighted by atomic mass is 10.1. The maximum Gasteiger partial charge on any atom is 0.274 e. The standard InChI is InChI=1S/C20H19ClN4O/c1-12-5-4-6-16(14(12)3)23-19(26)17-9-10-22-20(24-17)25-18-11-15(21)8-7-13(18)2/h4-11H,1-3H3,(H,23,26)(H,22,24,25). The molecular weight excluding hydrogens is 348 g/mol. The Kier molecular flexibility index (Phi) is 5.19. The van der Waals surface area contributed by atoms with Crippen LogP contribution in [0.1, 0.15) is 27.2 Å². The van der Waals surface area contributed by atoms with Crippen molar-refractivity contribution in [1.82, 2.24) is 9.97 Å². The van der Waals surface area contributed by atoms with Crippen molar-refractivity contribution < 1.29 is 4.79 Å². The predicted molar refractivity (Wildman–Crippen MR) is 105 cm³/mol. The number of carbonyl (C=O) groups excluding carboxylic acids is 1. The van der Waals surface area contributed by atoms with E-state index in [2.05, 4.69) is 20.6 Å². The molecule has 3 aromatic rings. The molecule has 6 heteroatoms. The Bertz CT molecular complexity index is 972. The summed E-state index contributed by atoms with van der Waals surface area (Å²) >= 11 is 6.04. The maximum atomic E-state index is 12.6. The van der Waals surface area contributed by atoms with Gasteiger partial charge in [-0.25, -0.2) is 9.97 Å². The molecule has 2 aromatic carbocycles.